The number of ether oxygens (including phenoxy) is 1. The van der Waals surface area contributed by atoms with Crippen LogP contribution < -0.4 is 0 Å². The summed E-state index contributed by atoms with van der Waals surface area (Å²) in [6.07, 6.45) is 3.47. The lowest BCUT2D eigenvalue weighted by atomic mass is 10.1. The maximum Gasteiger partial charge on any atom is 0.150 e. The molecule has 0 aromatic carbocycles. The first-order valence-electron chi connectivity index (χ1n) is 5.77. The number of carbonyl (C=O) groups excluding carboxylic acids is 1. The first-order valence-corrected chi connectivity index (χ1v) is 7.59. The fourth-order valence-electron chi connectivity index (χ4n) is 2.04. The second-order valence-corrected chi connectivity index (χ2v) is 6.65. The van der Waals surface area contributed by atoms with Crippen LogP contribution in [0.5, 0.6) is 0 Å². The number of hydrogen-bond donors (Lipinski definition) is 0. The Morgan fingerprint density at radius 1 is 1.38 bits per heavy atom. The van der Waals surface area contributed by atoms with Gasteiger partial charge in [-0.25, -0.2) is 8.42 Å². The molecule has 1 atom stereocenters. The summed E-state index contributed by atoms with van der Waals surface area (Å²) in [7, 11) is -1.44. The van der Waals surface area contributed by atoms with Gasteiger partial charge in [0.25, 0.3) is 0 Å². The van der Waals surface area contributed by atoms with Gasteiger partial charge < -0.3 is 4.74 Å². The van der Waals surface area contributed by atoms with Crippen molar-refractivity contribution in [1.82, 2.24) is 0 Å². The van der Waals surface area contributed by atoms with Gasteiger partial charge in [-0.15, -0.1) is 0 Å². The Labute approximate surface area is 97.3 Å². The Kier molecular flexibility index (Phi) is 5.41. The standard InChI is InChI=1S/C11H20O4S/c1-15-7-3-8-16(13,14)9-6-10-4-2-5-11(10)12/h10H,2-9H2,1H3. The van der Waals surface area contributed by atoms with Gasteiger partial charge in [-0.2, -0.15) is 0 Å². The third-order valence-electron chi connectivity index (χ3n) is 3.01. The summed E-state index contributed by atoms with van der Waals surface area (Å²) < 4.78 is 28.0. The van der Waals surface area contributed by atoms with Crippen LogP contribution in [-0.4, -0.2) is 39.4 Å². The summed E-state index contributed by atoms with van der Waals surface area (Å²) in [5, 5.41) is 0. The second kappa shape index (κ2) is 6.35. The van der Waals surface area contributed by atoms with Gasteiger partial charge in [0.1, 0.15) is 15.6 Å². The molecular weight excluding hydrogens is 228 g/mol. The molecule has 1 fully saturated rings. The van der Waals surface area contributed by atoms with Gasteiger partial charge in [0.05, 0.1) is 11.5 Å². The van der Waals surface area contributed by atoms with Crippen LogP contribution in [0, 0.1) is 5.92 Å². The molecule has 1 saturated carbocycles. The smallest absolute Gasteiger partial charge is 0.150 e. The van der Waals surface area contributed by atoms with Gasteiger partial charge in [-0.05, 0) is 25.7 Å². The summed E-state index contributed by atoms with van der Waals surface area (Å²) in [6.45, 7) is 0.474. The Morgan fingerprint density at radius 3 is 2.69 bits per heavy atom. The molecular formula is C11H20O4S. The van der Waals surface area contributed by atoms with Gasteiger partial charge in [0.15, 0.2) is 0 Å². The Balaban J connectivity index is 2.27. The van der Waals surface area contributed by atoms with E-state index in [2.05, 4.69) is 0 Å². The van der Waals surface area contributed by atoms with E-state index in [4.69, 9.17) is 4.74 Å². The Bertz CT molecular complexity index is 321. The highest BCUT2D eigenvalue weighted by atomic mass is 32.2. The van der Waals surface area contributed by atoms with Gasteiger partial charge >= 0.3 is 0 Å². The predicted molar refractivity (Wildman–Crippen MR) is 62.1 cm³/mol. The lowest BCUT2D eigenvalue weighted by molar-refractivity contribution is -0.120. The molecule has 0 spiro atoms. The van der Waals surface area contributed by atoms with E-state index in [-0.39, 0.29) is 23.2 Å². The van der Waals surface area contributed by atoms with E-state index in [0.29, 0.717) is 25.9 Å². The minimum atomic E-state index is -3.00. The molecule has 94 valence electrons. The van der Waals surface area contributed by atoms with E-state index in [0.717, 1.165) is 12.8 Å². The lowest BCUT2D eigenvalue weighted by Crippen LogP contribution is -2.17. The van der Waals surface area contributed by atoms with Crippen molar-refractivity contribution < 1.29 is 17.9 Å². The molecule has 5 heteroatoms. The van der Waals surface area contributed by atoms with Crippen molar-refractivity contribution in [1.29, 1.82) is 0 Å². The van der Waals surface area contributed by atoms with Gasteiger partial charge in [-0.3, -0.25) is 4.79 Å². The lowest BCUT2D eigenvalue weighted by Gasteiger charge is -2.08. The molecule has 0 heterocycles. The first-order chi connectivity index (χ1) is 7.55. The van der Waals surface area contributed by atoms with Crippen LogP contribution in [0.15, 0.2) is 0 Å². The molecule has 0 aliphatic heterocycles. The monoisotopic (exact) mass is 248 g/mol. The quantitative estimate of drug-likeness (QED) is 0.635. The fourth-order valence-corrected chi connectivity index (χ4v) is 3.45. The minimum Gasteiger partial charge on any atom is -0.385 e. The van der Waals surface area contributed by atoms with E-state index in [9.17, 15) is 13.2 Å². The Hall–Kier alpha value is -0.420. The summed E-state index contributed by atoms with van der Waals surface area (Å²) >= 11 is 0. The molecule has 0 saturated heterocycles. The van der Waals surface area contributed by atoms with Crippen LogP contribution in [0.2, 0.25) is 0 Å². The van der Waals surface area contributed by atoms with Crippen LogP contribution in [-0.2, 0) is 19.4 Å². The average Bonchev–Trinajstić information content (AvgIpc) is 2.62. The van der Waals surface area contributed by atoms with Crippen molar-refractivity contribution in [3.05, 3.63) is 0 Å². The number of methoxy groups -OCH3 is 1. The van der Waals surface area contributed by atoms with Crippen molar-refractivity contribution in [3.8, 4) is 0 Å². The zero-order valence-corrected chi connectivity index (χ0v) is 10.6. The first kappa shape index (κ1) is 13.6. The van der Waals surface area contributed by atoms with Crippen molar-refractivity contribution in [3.63, 3.8) is 0 Å². The number of Topliss-reactive ketones (excluding diaryl/α,β-unsaturated/α-hetero) is 1. The maximum atomic E-state index is 11.6. The van der Waals surface area contributed by atoms with Crippen LogP contribution in [0.3, 0.4) is 0 Å². The molecule has 0 radical (unpaired) electrons. The van der Waals surface area contributed by atoms with Crippen LogP contribution in [0.25, 0.3) is 0 Å². The average molecular weight is 248 g/mol. The number of sulfone groups is 1. The highest BCUT2D eigenvalue weighted by Gasteiger charge is 2.25. The van der Waals surface area contributed by atoms with Crippen LogP contribution >= 0.6 is 0 Å². The highest BCUT2D eigenvalue weighted by molar-refractivity contribution is 7.91. The molecule has 1 aliphatic rings. The maximum absolute atomic E-state index is 11.6. The third-order valence-corrected chi connectivity index (χ3v) is 4.78. The van der Waals surface area contributed by atoms with Gasteiger partial charge in [-0.1, -0.05) is 0 Å². The van der Waals surface area contributed by atoms with Crippen molar-refractivity contribution >= 4 is 15.6 Å². The topological polar surface area (TPSA) is 60.4 Å². The molecule has 1 rings (SSSR count). The van der Waals surface area contributed by atoms with E-state index in [1.54, 1.807) is 7.11 Å². The molecule has 4 nitrogen and oxygen atoms in total. The number of carbonyl (C=O) groups is 1. The van der Waals surface area contributed by atoms with Gasteiger partial charge in [0.2, 0.25) is 0 Å². The molecule has 1 aliphatic carbocycles. The molecule has 16 heavy (non-hydrogen) atoms. The zero-order valence-electron chi connectivity index (χ0n) is 9.78. The largest absolute Gasteiger partial charge is 0.385 e. The molecule has 0 N–H and O–H groups in total. The molecule has 0 aromatic rings. The number of rotatable bonds is 7. The molecule has 0 bridgehead atoms. The summed E-state index contributed by atoms with van der Waals surface area (Å²) in [4.78, 5) is 11.3. The van der Waals surface area contributed by atoms with E-state index in [1.807, 2.05) is 0 Å². The molecule has 1 unspecified atom stereocenters. The zero-order chi connectivity index (χ0) is 12.0. The fraction of sp³-hybridized carbons (Fsp3) is 0.909. The van der Waals surface area contributed by atoms with Crippen LogP contribution in [0.1, 0.15) is 32.1 Å². The third kappa shape index (κ3) is 4.61. The van der Waals surface area contributed by atoms with Crippen LogP contribution in [0.4, 0.5) is 0 Å². The van der Waals surface area contributed by atoms with Crippen molar-refractivity contribution in [2.75, 3.05) is 25.2 Å². The van der Waals surface area contributed by atoms with E-state index in [1.165, 1.54) is 0 Å². The second-order valence-electron chi connectivity index (χ2n) is 4.34. The van der Waals surface area contributed by atoms with E-state index < -0.39 is 9.84 Å². The normalized spacial score (nSPS) is 21.6. The van der Waals surface area contributed by atoms with Gasteiger partial charge in [0, 0.05) is 26.1 Å². The van der Waals surface area contributed by atoms with Crippen molar-refractivity contribution in [2.24, 2.45) is 5.92 Å². The predicted octanol–water partition coefficient (Wildman–Crippen LogP) is 1.20. The van der Waals surface area contributed by atoms with Crippen molar-refractivity contribution in [2.45, 2.75) is 32.1 Å². The Morgan fingerprint density at radius 2 is 2.12 bits per heavy atom. The minimum absolute atomic E-state index is 0.00259. The molecule has 0 aromatic heterocycles. The van der Waals surface area contributed by atoms with E-state index >= 15 is 0 Å². The highest BCUT2D eigenvalue weighted by Crippen LogP contribution is 2.24. The number of hydrogen-bond acceptors (Lipinski definition) is 4. The summed E-state index contributed by atoms with van der Waals surface area (Å²) in [5.41, 5.74) is 0. The summed E-state index contributed by atoms with van der Waals surface area (Å²) in [6, 6.07) is 0. The number of ketones is 1. The SMILES string of the molecule is COCCCS(=O)(=O)CCC1CCCC1=O. The summed E-state index contributed by atoms with van der Waals surface area (Å²) in [5.74, 6) is 0.554. The molecule has 0 amide bonds.